The Morgan fingerprint density at radius 1 is 1.08 bits per heavy atom. The van der Waals surface area contributed by atoms with E-state index in [0.29, 0.717) is 23.6 Å². The van der Waals surface area contributed by atoms with Crippen molar-refractivity contribution in [3.8, 4) is 17.0 Å². The van der Waals surface area contributed by atoms with Gasteiger partial charge in [0.25, 0.3) is 5.56 Å². The molecule has 0 saturated carbocycles. The largest absolute Gasteiger partial charge is 0.435 e. The summed E-state index contributed by atoms with van der Waals surface area (Å²) < 4.78 is 45.6. The van der Waals surface area contributed by atoms with Gasteiger partial charge >= 0.3 is 6.61 Å². The number of halogens is 3. The number of alkyl halides is 2. The van der Waals surface area contributed by atoms with Crippen molar-refractivity contribution >= 4 is 10.9 Å². The second kappa shape index (κ2) is 10.9. The van der Waals surface area contributed by atoms with E-state index in [4.69, 9.17) is 0 Å². The fraction of sp³-hybridized carbons (Fsp3) is 0.387. The average Bonchev–Trinajstić information content (AvgIpc) is 3.28. The van der Waals surface area contributed by atoms with E-state index >= 15 is 0 Å². The number of fused-ring (bicyclic) bond motifs is 1. The third-order valence-corrected chi connectivity index (χ3v) is 7.79. The molecule has 5 nitrogen and oxygen atoms in total. The van der Waals surface area contributed by atoms with E-state index in [1.54, 1.807) is 11.6 Å². The Kier molecular flexibility index (Phi) is 7.58. The van der Waals surface area contributed by atoms with Gasteiger partial charge in [0, 0.05) is 47.4 Å². The standard InChI is InChI=1S/C31H34F3N3O2/c1-18(2)28-25-15-21(5-8-27(25)35-29(28)23-13-19(3)30(38)36(4)16-23)20-9-11-37(12-10-20)17-22-14-24(39-31(33)34)6-7-26(22)32/h5-8,13-16,18,20,31,35H,9-12,17H2,1-4H3. The second-order valence-corrected chi connectivity index (χ2v) is 10.9. The zero-order valence-corrected chi connectivity index (χ0v) is 22.7. The Morgan fingerprint density at radius 3 is 2.49 bits per heavy atom. The van der Waals surface area contributed by atoms with Gasteiger partial charge in [-0.25, -0.2) is 4.39 Å². The summed E-state index contributed by atoms with van der Waals surface area (Å²) in [5, 5.41) is 1.20. The van der Waals surface area contributed by atoms with Gasteiger partial charge in [0.15, 0.2) is 0 Å². The minimum atomic E-state index is -2.94. The molecule has 0 bridgehead atoms. The van der Waals surface area contributed by atoms with E-state index in [0.717, 1.165) is 42.7 Å². The molecule has 0 atom stereocenters. The molecule has 1 N–H and O–H groups in total. The molecule has 1 fully saturated rings. The average molecular weight is 538 g/mol. The van der Waals surface area contributed by atoms with Crippen LogP contribution >= 0.6 is 0 Å². The highest BCUT2D eigenvalue weighted by Crippen LogP contribution is 2.38. The number of pyridine rings is 1. The van der Waals surface area contributed by atoms with E-state index in [1.807, 2.05) is 19.2 Å². The molecule has 206 valence electrons. The second-order valence-electron chi connectivity index (χ2n) is 10.9. The van der Waals surface area contributed by atoms with Crippen LogP contribution in [0.25, 0.3) is 22.2 Å². The summed E-state index contributed by atoms with van der Waals surface area (Å²) in [7, 11) is 1.78. The van der Waals surface area contributed by atoms with E-state index in [2.05, 4.69) is 46.7 Å². The number of aromatic nitrogens is 2. The third kappa shape index (κ3) is 5.62. The molecule has 1 saturated heterocycles. The van der Waals surface area contributed by atoms with E-state index in [-0.39, 0.29) is 17.2 Å². The molecule has 0 aliphatic carbocycles. The van der Waals surface area contributed by atoms with Crippen LogP contribution in [0.15, 0.2) is 53.5 Å². The number of piperidine rings is 1. The summed E-state index contributed by atoms with van der Waals surface area (Å²) in [6.45, 7) is 5.21. The molecule has 0 radical (unpaired) electrons. The molecule has 1 aliphatic heterocycles. The SMILES string of the molecule is Cc1cc(-c2[nH]c3ccc(C4CCN(Cc5cc(OC(F)F)ccc5F)CC4)cc3c2C(C)C)cn(C)c1=O. The van der Waals surface area contributed by atoms with Crippen molar-refractivity contribution in [1.82, 2.24) is 14.5 Å². The van der Waals surface area contributed by atoms with Crippen LogP contribution in [0.5, 0.6) is 5.75 Å². The van der Waals surface area contributed by atoms with Gasteiger partial charge in [-0.2, -0.15) is 8.78 Å². The number of hydrogen-bond donors (Lipinski definition) is 1. The lowest BCUT2D eigenvalue weighted by atomic mass is 9.87. The van der Waals surface area contributed by atoms with Gasteiger partial charge in [-0.15, -0.1) is 0 Å². The first-order chi connectivity index (χ1) is 18.6. The number of hydrogen-bond acceptors (Lipinski definition) is 3. The summed E-state index contributed by atoms with van der Waals surface area (Å²) in [5.74, 6) is 0.219. The molecule has 0 amide bonds. The molecule has 1 aliphatic rings. The van der Waals surface area contributed by atoms with Gasteiger partial charge in [0.05, 0.1) is 5.69 Å². The number of H-pyrrole nitrogens is 1. The highest BCUT2D eigenvalue weighted by molar-refractivity contribution is 5.92. The number of ether oxygens (including phenoxy) is 1. The van der Waals surface area contributed by atoms with Gasteiger partial charge in [-0.05, 0) is 92.2 Å². The van der Waals surface area contributed by atoms with Crippen molar-refractivity contribution in [2.24, 2.45) is 7.05 Å². The first kappa shape index (κ1) is 27.1. The molecule has 0 spiro atoms. The molecule has 5 rings (SSSR count). The van der Waals surface area contributed by atoms with Crippen molar-refractivity contribution in [2.75, 3.05) is 13.1 Å². The van der Waals surface area contributed by atoms with Crippen LogP contribution in [-0.2, 0) is 13.6 Å². The number of rotatable bonds is 7. The highest BCUT2D eigenvalue weighted by Gasteiger charge is 2.24. The van der Waals surface area contributed by atoms with Crippen LogP contribution in [0, 0.1) is 12.7 Å². The Labute approximate surface area is 226 Å². The van der Waals surface area contributed by atoms with Crippen molar-refractivity contribution in [3.63, 3.8) is 0 Å². The molecule has 4 aromatic rings. The van der Waals surface area contributed by atoms with Gasteiger partial charge < -0.3 is 14.3 Å². The number of likely N-dealkylation sites (tertiary alicyclic amines) is 1. The Hall–Kier alpha value is -3.52. The quantitative estimate of drug-likeness (QED) is 0.274. The zero-order chi connectivity index (χ0) is 27.8. The minimum absolute atomic E-state index is 0.00604. The van der Waals surface area contributed by atoms with Crippen LogP contribution in [0.4, 0.5) is 13.2 Å². The van der Waals surface area contributed by atoms with Gasteiger partial charge in [0.2, 0.25) is 0 Å². The smallest absolute Gasteiger partial charge is 0.387 e. The minimum Gasteiger partial charge on any atom is -0.435 e. The van der Waals surface area contributed by atoms with Crippen LogP contribution in [0.1, 0.15) is 60.8 Å². The fourth-order valence-electron chi connectivity index (χ4n) is 5.84. The summed E-state index contributed by atoms with van der Waals surface area (Å²) in [6.07, 6.45) is 3.74. The number of aryl methyl sites for hydroxylation is 2. The predicted molar refractivity (Wildman–Crippen MR) is 148 cm³/mol. The summed E-state index contributed by atoms with van der Waals surface area (Å²) >= 11 is 0. The van der Waals surface area contributed by atoms with E-state index in [1.165, 1.54) is 34.7 Å². The summed E-state index contributed by atoms with van der Waals surface area (Å²) in [4.78, 5) is 18.0. The normalized spacial score (nSPS) is 15.1. The van der Waals surface area contributed by atoms with Crippen molar-refractivity contribution < 1.29 is 17.9 Å². The number of nitrogens with one attached hydrogen (secondary N) is 1. The Bertz CT molecular complexity index is 1520. The third-order valence-electron chi connectivity index (χ3n) is 7.79. The number of aromatic amines is 1. The molecule has 2 aromatic heterocycles. The molecular formula is C31H34F3N3O2. The van der Waals surface area contributed by atoms with Crippen LogP contribution < -0.4 is 10.3 Å². The predicted octanol–water partition coefficient (Wildman–Crippen LogP) is 7.09. The zero-order valence-electron chi connectivity index (χ0n) is 22.7. The van der Waals surface area contributed by atoms with Gasteiger partial charge in [-0.1, -0.05) is 19.9 Å². The maximum atomic E-state index is 14.4. The maximum absolute atomic E-state index is 14.4. The topological polar surface area (TPSA) is 50.3 Å². The Morgan fingerprint density at radius 2 is 1.82 bits per heavy atom. The summed E-state index contributed by atoms with van der Waals surface area (Å²) in [6, 6.07) is 12.4. The molecule has 0 unspecified atom stereocenters. The monoisotopic (exact) mass is 537 g/mol. The molecular weight excluding hydrogens is 503 g/mol. The summed E-state index contributed by atoms with van der Waals surface area (Å²) in [5.41, 5.74) is 6.72. The lowest BCUT2D eigenvalue weighted by molar-refractivity contribution is -0.0499. The maximum Gasteiger partial charge on any atom is 0.387 e. The molecule has 39 heavy (non-hydrogen) atoms. The van der Waals surface area contributed by atoms with Crippen LogP contribution in [-0.4, -0.2) is 34.2 Å². The highest BCUT2D eigenvalue weighted by atomic mass is 19.3. The lowest BCUT2D eigenvalue weighted by Gasteiger charge is -2.32. The van der Waals surface area contributed by atoms with Gasteiger partial charge in [-0.3, -0.25) is 9.69 Å². The molecule has 8 heteroatoms. The van der Waals surface area contributed by atoms with Gasteiger partial charge in [0.1, 0.15) is 11.6 Å². The number of nitrogens with zero attached hydrogens (tertiary/aromatic N) is 2. The van der Waals surface area contributed by atoms with Crippen molar-refractivity contribution in [1.29, 1.82) is 0 Å². The molecule has 2 aromatic carbocycles. The van der Waals surface area contributed by atoms with E-state index < -0.39 is 12.4 Å². The van der Waals surface area contributed by atoms with E-state index in [9.17, 15) is 18.0 Å². The Balaban J connectivity index is 1.36. The fourth-order valence-corrected chi connectivity index (χ4v) is 5.84. The molecule has 3 heterocycles. The first-order valence-corrected chi connectivity index (χ1v) is 13.4. The first-order valence-electron chi connectivity index (χ1n) is 13.4. The van der Waals surface area contributed by atoms with Crippen molar-refractivity contribution in [2.45, 2.75) is 58.6 Å². The number of benzene rings is 2. The van der Waals surface area contributed by atoms with Crippen LogP contribution in [0.3, 0.4) is 0 Å². The van der Waals surface area contributed by atoms with Crippen LogP contribution in [0.2, 0.25) is 0 Å². The lowest BCUT2D eigenvalue weighted by Crippen LogP contribution is -2.32. The van der Waals surface area contributed by atoms with Crippen molar-refractivity contribution in [3.05, 3.63) is 87.1 Å².